The summed E-state index contributed by atoms with van der Waals surface area (Å²) in [4.78, 5) is 28.4. The van der Waals surface area contributed by atoms with Crippen molar-refractivity contribution < 1.29 is 22.7 Å². The maximum atomic E-state index is 14.0. The molecule has 3 rings (SSSR count). The van der Waals surface area contributed by atoms with E-state index in [1.807, 2.05) is 38.1 Å². The van der Waals surface area contributed by atoms with Crippen LogP contribution in [0, 0.1) is 6.92 Å². The average Bonchev–Trinajstić information content (AvgIpc) is 2.94. The number of rotatable bonds is 13. The maximum Gasteiger partial charge on any atom is 0.264 e. The van der Waals surface area contributed by atoms with Gasteiger partial charge in [0.1, 0.15) is 18.3 Å². The van der Waals surface area contributed by atoms with Crippen LogP contribution < -0.4 is 14.4 Å². The number of aryl methyl sites for hydroxylation is 1. The molecule has 3 aromatic carbocycles. The summed E-state index contributed by atoms with van der Waals surface area (Å²) in [7, 11) is -4.16. The molecule has 0 unspecified atom stereocenters. The van der Waals surface area contributed by atoms with Gasteiger partial charge >= 0.3 is 0 Å². The molecule has 1 atom stereocenters. The monoisotopic (exact) mass is 551 g/mol. The second-order valence-electron chi connectivity index (χ2n) is 9.20. The first-order chi connectivity index (χ1) is 18.7. The molecule has 8 nitrogen and oxygen atoms in total. The van der Waals surface area contributed by atoms with Crippen LogP contribution in [0.25, 0.3) is 0 Å². The number of amides is 2. The molecule has 0 bridgehead atoms. The van der Waals surface area contributed by atoms with E-state index in [4.69, 9.17) is 4.74 Å². The number of nitrogens with zero attached hydrogens (tertiary/aromatic N) is 2. The number of benzene rings is 3. The average molecular weight is 552 g/mol. The van der Waals surface area contributed by atoms with Crippen molar-refractivity contribution in [3.63, 3.8) is 0 Å². The van der Waals surface area contributed by atoms with Crippen molar-refractivity contribution in [2.45, 2.75) is 51.6 Å². The molecule has 0 heterocycles. The Bertz CT molecular complexity index is 1360. The number of sulfonamides is 1. The highest BCUT2D eigenvalue weighted by Gasteiger charge is 2.33. The molecular weight excluding hydrogens is 514 g/mol. The Morgan fingerprint density at radius 2 is 1.64 bits per heavy atom. The van der Waals surface area contributed by atoms with Gasteiger partial charge in [-0.3, -0.25) is 13.9 Å². The second kappa shape index (κ2) is 13.8. The molecule has 0 aliphatic rings. The molecule has 208 valence electrons. The van der Waals surface area contributed by atoms with E-state index in [0.29, 0.717) is 18.9 Å². The van der Waals surface area contributed by atoms with Crippen LogP contribution in [-0.4, -0.2) is 50.9 Å². The fraction of sp³-hybridized carbons (Fsp3) is 0.333. The lowest BCUT2D eigenvalue weighted by atomic mass is 10.1. The van der Waals surface area contributed by atoms with Crippen molar-refractivity contribution >= 4 is 27.5 Å². The topological polar surface area (TPSA) is 96.0 Å². The third-order valence-corrected chi connectivity index (χ3v) is 7.97. The van der Waals surface area contributed by atoms with Gasteiger partial charge in [-0.1, -0.05) is 67.1 Å². The summed E-state index contributed by atoms with van der Waals surface area (Å²) >= 11 is 0. The number of ether oxygens (including phenoxy) is 1. The zero-order valence-corrected chi connectivity index (χ0v) is 23.8. The molecule has 3 aromatic rings. The molecular formula is C30H37N3O5S. The van der Waals surface area contributed by atoms with Gasteiger partial charge < -0.3 is 15.0 Å². The van der Waals surface area contributed by atoms with Crippen LogP contribution in [0.15, 0.2) is 83.8 Å². The molecule has 0 spiro atoms. The van der Waals surface area contributed by atoms with Gasteiger partial charge in [-0.25, -0.2) is 8.42 Å². The summed E-state index contributed by atoms with van der Waals surface area (Å²) in [6.07, 6.45) is 0.752. The smallest absolute Gasteiger partial charge is 0.264 e. The van der Waals surface area contributed by atoms with Crippen molar-refractivity contribution in [3.05, 3.63) is 90.0 Å². The van der Waals surface area contributed by atoms with Crippen molar-refractivity contribution in [2.75, 3.05) is 24.0 Å². The van der Waals surface area contributed by atoms with Crippen molar-refractivity contribution in [3.8, 4) is 5.75 Å². The van der Waals surface area contributed by atoms with Crippen LogP contribution in [-0.2, 0) is 26.2 Å². The van der Waals surface area contributed by atoms with Gasteiger partial charge in [0.15, 0.2) is 0 Å². The highest BCUT2D eigenvalue weighted by Crippen LogP contribution is 2.32. The van der Waals surface area contributed by atoms with Gasteiger partial charge in [0.25, 0.3) is 10.0 Å². The molecule has 0 radical (unpaired) electrons. The Labute approximate surface area is 231 Å². The Morgan fingerprint density at radius 1 is 0.949 bits per heavy atom. The predicted octanol–water partition coefficient (Wildman–Crippen LogP) is 4.53. The van der Waals surface area contributed by atoms with Gasteiger partial charge in [-0.15, -0.1) is 0 Å². The van der Waals surface area contributed by atoms with E-state index >= 15 is 0 Å². The fourth-order valence-electron chi connectivity index (χ4n) is 4.16. The largest absolute Gasteiger partial charge is 0.492 e. The van der Waals surface area contributed by atoms with E-state index in [-0.39, 0.29) is 23.0 Å². The van der Waals surface area contributed by atoms with Crippen molar-refractivity contribution in [2.24, 2.45) is 0 Å². The lowest BCUT2D eigenvalue weighted by Crippen LogP contribution is -2.51. The lowest BCUT2D eigenvalue weighted by molar-refractivity contribution is -0.139. The lowest BCUT2D eigenvalue weighted by Gasteiger charge is -2.32. The molecule has 0 aromatic heterocycles. The van der Waals surface area contributed by atoms with E-state index in [9.17, 15) is 18.0 Å². The minimum atomic E-state index is -4.16. The molecule has 2 amide bonds. The van der Waals surface area contributed by atoms with E-state index in [1.165, 1.54) is 17.0 Å². The summed E-state index contributed by atoms with van der Waals surface area (Å²) in [6, 6.07) is 21.5. The second-order valence-corrected chi connectivity index (χ2v) is 11.1. The molecule has 39 heavy (non-hydrogen) atoms. The fourth-order valence-corrected chi connectivity index (χ4v) is 5.61. The van der Waals surface area contributed by atoms with E-state index in [2.05, 4.69) is 5.32 Å². The highest BCUT2D eigenvalue weighted by atomic mass is 32.2. The zero-order valence-electron chi connectivity index (χ0n) is 23.0. The minimum absolute atomic E-state index is 0.0445. The van der Waals surface area contributed by atoms with Gasteiger partial charge in [-0.2, -0.15) is 0 Å². The molecule has 0 saturated heterocycles. The van der Waals surface area contributed by atoms with Crippen LogP contribution in [0.4, 0.5) is 5.69 Å². The SMILES string of the molecule is CCCNC(=O)[C@@H](C)N(Cc1cccc(C)c1)C(=O)CN(c1ccccc1OCC)S(=O)(=O)c1ccccc1. The van der Waals surface area contributed by atoms with Gasteiger partial charge in [0, 0.05) is 13.1 Å². The summed E-state index contributed by atoms with van der Waals surface area (Å²) in [5.41, 5.74) is 2.10. The van der Waals surface area contributed by atoms with E-state index in [0.717, 1.165) is 21.9 Å². The molecule has 0 saturated carbocycles. The number of para-hydroxylation sites is 2. The first-order valence-electron chi connectivity index (χ1n) is 13.1. The number of nitrogens with one attached hydrogen (secondary N) is 1. The highest BCUT2D eigenvalue weighted by molar-refractivity contribution is 7.92. The van der Waals surface area contributed by atoms with Gasteiger partial charge in [0.2, 0.25) is 11.8 Å². The number of hydrogen-bond donors (Lipinski definition) is 1. The Hall–Kier alpha value is -3.85. The van der Waals surface area contributed by atoms with Crippen molar-refractivity contribution in [1.82, 2.24) is 10.2 Å². The number of anilines is 1. The van der Waals surface area contributed by atoms with E-state index < -0.39 is 28.5 Å². The molecule has 0 fully saturated rings. The number of carbonyl (C=O) groups excluding carboxylic acids is 2. The first-order valence-corrected chi connectivity index (χ1v) is 14.5. The predicted molar refractivity (Wildman–Crippen MR) is 153 cm³/mol. The Kier molecular flexibility index (Phi) is 10.5. The molecule has 0 aliphatic heterocycles. The standard InChI is InChI=1S/C30H37N3O5S/c1-5-19-31-30(35)24(4)32(21-25-14-12-13-23(3)20-25)29(34)22-33(27-17-10-11-18-28(27)38-6-2)39(36,37)26-15-8-7-9-16-26/h7-18,20,24H,5-6,19,21-22H2,1-4H3,(H,31,35)/t24-/m1/s1. The Balaban J connectivity index is 2.06. The minimum Gasteiger partial charge on any atom is -0.492 e. The first kappa shape index (κ1) is 29.7. The van der Waals surface area contributed by atoms with Gasteiger partial charge in [-0.05, 0) is 57.0 Å². The molecule has 9 heteroatoms. The van der Waals surface area contributed by atoms with Crippen LogP contribution in [0.1, 0.15) is 38.3 Å². The third-order valence-electron chi connectivity index (χ3n) is 6.20. The maximum absolute atomic E-state index is 14.0. The number of hydrogen-bond acceptors (Lipinski definition) is 5. The quantitative estimate of drug-likeness (QED) is 0.337. The summed E-state index contributed by atoms with van der Waals surface area (Å²) < 4.78 is 34.6. The third kappa shape index (κ3) is 7.60. The summed E-state index contributed by atoms with van der Waals surface area (Å²) in [6.45, 7) is 7.78. The zero-order chi connectivity index (χ0) is 28.4. The van der Waals surface area contributed by atoms with Crippen LogP contribution in [0.2, 0.25) is 0 Å². The van der Waals surface area contributed by atoms with E-state index in [1.54, 1.807) is 56.3 Å². The van der Waals surface area contributed by atoms with Crippen LogP contribution >= 0.6 is 0 Å². The normalized spacial score (nSPS) is 11.9. The van der Waals surface area contributed by atoms with Gasteiger partial charge in [0.05, 0.1) is 17.2 Å². The molecule has 0 aliphatic carbocycles. The van der Waals surface area contributed by atoms with Crippen LogP contribution in [0.5, 0.6) is 5.75 Å². The summed E-state index contributed by atoms with van der Waals surface area (Å²) in [5, 5.41) is 2.85. The molecule has 1 N–H and O–H groups in total. The Morgan fingerprint density at radius 3 is 2.31 bits per heavy atom. The number of carbonyl (C=O) groups is 2. The van der Waals surface area contributed by atoms with Crippen LogP contribution in [0.3, 0.4) is 0 Å². The van der Waals surface area contributed by atoms with Crippen molar-refractivity contribution in [1.29, 1.82) is 0 Å². The summed E-state index contributed by atoms with van der Waals surface area (Å²) in [5.74, 6) is -0.474.